The molecule has 0 heterocycles. The van der Waals surface area contributed by atoms with Crippen LogP contribution in [0.1, 0.15) is 52.9 Å². The first-order valence-electron chi connectivity index (χ1n) is 6.97. The molecule has 20 heavy (non-hydrogen) atoms. The molecule has 0 radical (unpaired) electrons. The van der Waals surface area contributed by atoms with Crippen LogP contribution < -0.4 is 0 Å². The molecule has 0 bridgehead atoms. The maximum atomic E-state index is 13.9. The van der Waals surface area contributed by atoms with E-state index < -0.39 is 35.3 Å². The van der Waals surface area contributed by atoms with Gasteiger partial charge in [0.1, 0.15) is 0 Å². The first-order chi connectivity index (χ1) is 9.13. The summed E-state index contributed by atoms with van der Waals surface area (Å²) in [7, 11) is 0. The fourth-order valence-electron chi connectivity index (χ4n) is 2.39. The van der Waals surface area contributed by atoms with Crippen LogP contribution in [0.5, 0.6) is 0 Å². The Kier molecular flexibility index (Phi) is 5.10. The molecule has 1 unspecified atom stereocenters. The topological polar surface area (TPSA) is 63.6 Å². The number of ether oxygens (including phenoxy) is 1. The predicted molar refractivity (Wildman–Crippen MR) is 68.5 cm³/mol. The number of hydrogen-bond acceptors (Lipinski definition) is 3. The summed E-state index contributed by atoms with van der Waals surface area (Å²) in [5, 5.41) is 8.71. The van der Waals surface area contributed by atoms with Crippen LogP contribution in [0.4, 0.5) is 8.78 Å². The second-order valence-electron chi connectivity index (χ2n) is 5.90. The Morgan fingerprint density at radius 2 is 1.70 bits per heavy atom. The number of halogens is 2. The van der Waals surface area contributed by atoms with Crippen molar-refractivity contribution in [1.82, 2.24) is 0 Å². The van der Waals surface area contributed by atoms with Gasteiger partial charge in [-0.25, -0.2) is 4.79 Å². The van der Waals surface area contributed by atoms with Gasteiger partial charge in [-0.3, -0.25) is 4.79 Å². The van der Waals surface area contributed by atoms with E-state index in [-0.39, 0.29) is 0 Å². The van der Waals surface area contributed by atoms with Gasteiger partial charge >= 0.3 is 17.9 Å². The molecule has 0 aromatic rings. The smallest absolute Gasteiger partial charge is 0.381 e. The molecule has 1 rings (SSSR count). The van der Waals surface area contributed by atoms with Crippen LogP contribution in [0.15, 0.2) is 0 Å². The van der Waals surface area contributed by atoms with Crippen molar-refractivity contribution in [3.63, 3.8) is 0 Å². The van der Waals surface area contributed by atoms with E-state index in [9.17, 15) is 18.4 Å². The summed E-state index contributed by atoms with van der Waals surface area (Å²) in [5.41, 5.74) is -2.34. The summed E-state index contributed by atoms with van der Waals surface area (Å²) in [5.74, 6) is -8.31. The van der Waals surface area contributed by atoms with Crippen LogP contribution in [-0.2, 0) is 14.3 Å². The minimum absolute atomic E-state index is 0.397. The average Bonchev–Trinajstić information content (AvgIpc) is 2.38. The van der Waals surface area contributed by atoms with Crippen LogP contribution in [0.2, 0.25) is 0 Å². The highest BCUT2D eigenvalue weighted by Crippen LogP contribution is 2.40. The first kappa shape index (κ1) is 16.9. The van der Waals surface area contributed by atoms with Crippen molar-refractivity contribution in [1.29, 1.82) is 0 Å². The third kappa shape index (κ3) is 3.10. The number of rotatable bonds is 5. The molecule has 0 spiro atoms. The largest absolute Gasteiger partial charge is 0.477 e. The lowest BCUT2D eigenvalue weighted by atomic mass is 9.84. The standard InChI is InChI=1S/C14H22F2O4/c1-9(2)13(3,14(15,16)12(18)19)20-11(17)10-7-5-4-6-8-10/h9-10H,4-8H2,1-3H3,(H,18,19). The van der Waals surface area contributed by atoms with Gasteiger partial charge in [-0.2, -0.15) is 8.78 Å². The Balaban J connectivity index is 2.91. The van der Waals surface area contributed by atoms with Crippen molar-refractivity contribution in [2.24, 2.45) is 11.8 Å². The highest BCUT2D eigenvalue weighted by molar-refractivity contribution is 5.79. The normalized spacial score (nSPS) is 20.5. The Labute approximate surface area is 117 Å². The van der Waals surface area contributed by atoms with E-state index >= 15 is 0 Å². The van der Waals surface area contributed by atoms with E-state index in [1.54, 1.807) is 0 Å². The second kappa shape index (κ2) is 6.06. The molecule has 116 valence electrons. The zero-order valence-electron chi connectivity index (χ0n) is 12.1. The number of hydrogen-bond donors (Lipinski definition) is 1. The van der Waals surface area contributed by atoms with Gasteiger partial charge in [0.15, 0.2) is 5.60 Å². The Morgan fingerprint density at radius 1 is 1.20 bits per heavy atom. The van der Waals surface area contributed by atoms with Gasteiger partial charge in [-0.05, 0) is 25.7 Å². The molecule has 0 amide bonds. The molecule has 0 saturated heterocycles. The number of carboxylic acid groups (broad SMARTS) is 1. The summed E-state index contributed by atoms with van der Waals surface area (Å²) < 4.78 is 32.8. The highest BCUT2D eigenvalue weighted by Gasteiger charge is 2.61. The number of carbonyl (C=O) groups is 2. The lowest BCUT2D eigenvalue weighted by molar-refractivity contribution is -0.231. The van der Waals surface area contributed by atoms with E-state index in [2.05, 4.69) is 0 Å². The average molecular weight is 292 g/mol. The third-order valence-corrected chi connectivity index (χ3v) is 4.24. The zero-order valence-corrected chi connectivity index (χ0v) is 12.1. The molecule has 0 aromatic heterocycles. The van der Waals surface area contributed by atoms with Gasteiger partial charge in [0.25, 0.3) is 0 Å². The predicted octanol–water partition coefficient (Wildman–Crippen LogP) is 3.24. The summed E-state index contributed by atoms with van der Waals surface area (Å²) in [6.07, 6.45) is 3.99. The molecule has 1 aliphatic rings. The van der Waals surface area contributed by atoms with Crippen molar-refractivity contribution in [3.05, 3.63) is 0 Å². The van der Waals surface area contributed by atoms with Crippen LogP contribution in [0.3, 0.4) is 0 Å². The van der Waals surface area contributed by atoms with E-state index in [0.29, 0.717) is 12.8 Å². The van der Waals surface area contributed by atoms with E-state index in [1.165, 1.54) is 13.8 Å². The minimum atomic E-state index is -4.12. The van der Waals surface area contributed by atoms with Crippen molar-refractivity contribution in [3.8, 4) is 0 Å². The number of alkyl halides is 2. The van der Waals surface area contributed by atoms with Gasteiger partial charge in [0.05, 0.1) is 5.92 Å². The number of aliphatic carboxylic acids is 1. The fraction of sp³-hybridized carbons (Fsp3) is 0.857. The highest BCUT2D eigenvalue weighted by atomic mass is 19.3. The molecule has 1 saturated carbocycles. The SMILES string of the molecule is CC(C)C(C)(OC(=O)C1CCCCC1)C(F)(F)C(=O)O. The van der Waals surface area contributed by atoms with Gasteiger partial charge in [-0.15, -0.1) is 0 Å². The quantitative estimate of drug-likeness (QED) is 0.790. The lowest BCUT2D eigenvalue weighted by Gasteiger charge is -2.38. The lowest BCUT2D eigenvalue weighted by Crippen LogP contribution is -2.57. The molecule has 6 heteroatoms. The van der Waals surface area contributed by atoms with Crippen molar-refractivity contribution in [2.75, 3.05) is 0 Å². The third-order valence-electron chi connectivity index (χ3n) is 4.24. The van der Waals surface area contributed by atoms with Gasteiger partial charge in [0.2, 0.25) is 0 Å². The van der Waals surface area contributed by atoms with Crippen LogP contribution in [0.25, 0.3) is 0 Å². The van der Waals surface area contributed by atoms with E-state index in [4.69, 9.17) is 9.84 Å². The monoisotopic (exact) mass is 292 g/mol. The summed E-state index contributed by atoms with van der Waals surface area (Å²) in [4.78, 5) is 22.8. The van der Waals surface area contributed by atoms with E-state index in [0.717, 1.165) is 26.2 Å². The summed E-state index contributed by atoms with van der Waals surface area (Å²) >= 11 is 0. The second-order valence-corrected chi connectivity index (χ2v) is 5.90. The molecule has 1 fully saturated rings. The fourth-order valence-corrected chi connectivity index (χ4v) is 2.39. The molecule has 0 aromatic carbocycles. The molecular weight excluding hydrogens is 270 g/mol. The molecule has 1 atom stereocenters. The Hall–Kier alpha value is -1.20. The number of esters is 1. The molecule has 1 aliphatic carbocycles. The molecule has 1 N–H and O–H groups in total. The van der Waals surface area contributed by atoms with Crippen molar-refractivity contribution >= 4 is 11.9 Å². The van der Waals surface area contributed by atoms with Gasteiger partial charge in [-0.1, -0.05) is 33.1 Å². The van der Waals surface area contributed by atoms with Crippen LogP contribution in [0, 0.1) is 11.8 Å². The molecule has 0 aliphatic heterocycles. The van der Waals surface area contributed by atoms with Crippen LogP contribution >= 0.6 is 0 Å². The Bertz CT molecular complexity index is 375. The summed E-state index contributed by atoms with van der Waals surface area (Å²) in [6.45, 7) is 3.84. The molecular formula is C14H22F2O4. The first-order valence-corrected chi connectivity index (χ1v) is 6.97. The van der Waals surface area contributed by atoms with Crippen molar-refractivity contribution in [2.45, 2.75) is 64.4 Å². The zero-order chi connectivity index (χ0) is 15.6. The van der Waals surface area contributed by atoms with Gasteiger partial charge < -0.3 is 9.84 Å². The number of carbonyl (C=O) groups excluding carboxylic acids is 1. The summed E-state index contributed by atoms with van der Waals surface area (Å²) in [6, 6.07) is 0. The number of carboxylic acids is 1. The maximum absolute atomic E-state index is 13.9. The molecule has 4 nitrogen and oxygen atoms in total. The van der Waals surface area contributed by atoms with Crippen LogP contribution in [-0.4, -0.2) is 28.6 Å². The maximum Gasteiger partial charge on any atom is 0.381 e. The van der Waals surface area contributed by atoms with Crippen molar-refractivity contribution < 1.29 is 28.2 Å². The minimum Gasteiger partial charge on any atom is -0.477 e. The van der Waals surface area contributed by atoms with Gasteiger partial charge in [0, 0.05) is 0 Å². The Morgan fingerprint density at radius 3 is 2.10 bits per heavy atom. The van der Waals surface area contributed by atoms with E-state index in [1.807, 2.05) is 0 Å².